The molecule has 1 saturated carbocycles. The van der Waals surface area contributed by atoms with Gasteiger partial charge in [-0.25, -0.2) is 0 Å². The van der Waals surface area contributed by atoms with E-state index >= 15 is 0 Å². The quantitative estimate of drug-likeness (QED) is 0.865. The Bertz CT molecular complexity index is 405. The number of hydrogen-bond acceptors (Lipinski definition) is 3. The Balaban J connectivity index is 2.24. The molecule has 3 unspecified atom stereocenters. The summed E-state index contributed by atoms with van der Waals surface area (Å²) in [5.74, 6) is 0.913. The average Bonchev–Trinajstić information content (AvgIpc) is 2.38. The Kier molecular flexibility index (Phi) is 4.25. The maximum atomic E-state index is 10.6. The number of hydrogen-bond donors (Lipinski definition) is 2. The fourth-order valence-corrected chi connectivity index (χ4v) is 2.87. The molecule has 1 aliphatic carbocycles. The highest BCUT2D eigenvalue weighted by Crippen LogP contribution is 2.37. The molecule has 18 heavy (non-hydrogen) atoms. The van der Waals surface area contributed by atoms with Gasteiger partial charge in [-0.15, -0.1) is 0 Å². The molecule has 0 aromatic heterocycles. The van der Waals surface area contributed by atoms with E-state index in [1.165, 1.54) is 6.42 Å². The van der Waals surface area contributed by atoms with Crippen molar-refractivity contribution in [2.75, 3.05) is 7.11 Å². The van der Waals surface area contributed by atoms with E-state index in [2.05, 4.69) is 0 Å². The molecular formula is C15H23NO2. The third-order valence-electron chi connectivity index (χ3n) is 3.99. The van der Waals surface area contributed by atoms with Gasteiger partial charge in [-0.2, -0.15) is 0 Å². The van der Waals surface area contributed by atoms with Crippen molar-refractivity contribution in [2.45, 2.75) is 44.8 Å². The highest BCUT2D eigenvalue weighted by molar-refractivity contribution is 5.39. The summed E-state index contributed by atoms with van der Waals surface area (Å²) in [6, 6.07) is 6.03. The molecule has 1 aromatic rings. The van der Waals surface area contributed by atoms with Crippen LogP contribution in [0, 0.1) is 12.8 Å². The van der Waals surface area contributed by atoms with Gasteiger partial charge in [0, 0.05) is 17.5 Å². The number of aliphatic hydroxyl groups excluding tert-OH is 1. The summed E-state index contributed by atoms with van der Waals surface area (Å²) in [5, 5.41) is 10.6. The van der Waals surface area contributed by atoms with Gasteiger partial charge in [-0.1, -0.05) is 25.0 Å². The molecule has 3 atom stereocenters. The van der Waals surface area contributed by atoms with Gasteiger partial charge in [0.25, 0.3) is 0 Å². The van der Waals surface area contributed by atoms with Gasteiger partial charge in [0.15, 0.2) is 0 Å². The van der Waals surface area contributed by atoms with Crippen LogP contribution in [0.5, 0.6) is 5.75 Å². The number of aliphatic hydroxyl groups is 1. The molecule has 1 fully saturated rings. The number of benzene rings is 1. The van der Waals surface area contributed by atoms with E-state index in [4.69, 9.17) is 10.5 Å². The van der Waals surface area contributed by atoms with E-state index in [1.807, 2.05) is 25.1 Å². The van der Waals surface area contributed by atoms with Crippen LogP contribution in [0.2, 0.25) is 0 Å². The van der Waals surface area contributed by atoms with Crippen LogP contribution in [-0.2, 0) is 0 Å². The minimum absolute atomic E-state index is 0.0970. The molecule has 0 radical (unpaired) electrons. The first-order valence-electron chi connectivity index (χ1n) is 6.71. The molecule has 0 heterocycles. The number of methoxy groups -OCH3 is 1. The van der Waals surface area contributed by atoms with Crippen molar-refractivity contribution in [2.24, 2.45) is 11.7 Å². The van der Waals surface area contributed by atoms with Crippen molar-refractivity contribution in [1.29, 1.82) is 0 Å². The molecule has 3 N–H and O–H groups in total. The second-order valence-corrected chi connectivity index (χ2v) is 5.30. The van der Waals surface area contributed by atoms with Crippen LogP contribution in [0.25, 0.3) is 0 Å². The summed E-state index contributed by atoms with van der Waals surface area (Å²) in [5.41, 5.74) is 8.14. The van der Waals surface area contributed by atoms with E-state index in [-0.39, 0.29) is 12.0 Å². The summed E-state index contributed by atoms with van der Waals surface area (Å²) >= 11 is 0. The molecule has 1 aromatic carbocycles. The first-order chi connectivity index (χ1) is 8.63. The Morgan fingerprint density at radius 1 is 1.33 bits per heavy atom. The second-order valence-electron chi connectivity index (χ2n) is 5.30. The van der Waals surface area contributed by atoms with Gasteiger partial charge in [0.05, 0.1) is 13.2 Å². The van der Waals surface area contributed by atoms with Crippen LogP contribution < -0.4 is 10.5 Å². The molecule has 1 aliphatic rings. The lowest BCUT2D eigenvalue weighted by Crippen LogP contribution is -2.36. The number of nitrogens with two attached hydrogens (primary N) is 1. The summed E-state index contributed by atoms with van der Waals surface area (Å²) in [7, 11) is 1.64. The molecule has 0 amide bonds. The lowest BCUT2D eigenvalue weighted by Gasteiger charge is -2.33. The van der Waals surface area contributed by atoms with Crippen molar-refractivity contribution < 1.29 is 9.84 Å². The highest BCUT2D eigenvalue weighted by Gasteiger charge is 2.30. The van der Waals surface area contributed by atoms with Gasteiger partial charge in [-0.3, -0.25) is 0 Å². The van der Waals surface area contributed by atoms with E-state index < -0.39 is 6.10 Å². The number of ether oxygens (including phenoxy) is 1. The molecular weight excluding hydrogens is 226 g/mol. The van der Waals surface area contributed by atoms with Crippen LogP contribution >= 0.6 is 0 Å². The fraction of sp³-hybridized carbons (Fsp3) is 0.600. The van der Waals surface area contributed by atoms with Gasteiger partial charge >= 0.3 is 0 Å². The third kappa shape index (κ3) is 2.68. The molecule has 0 spiro atoms. The number of rotatable bonds is 3. The normalized spacial score (nSPS) is 25.8. The topological polar surface area (TPSA) is 55.5 Å². The Morgan fingerprint density at radius 2 is 2.06 bits per heavy atom. The van der Waals surface area contributed by atoms with Crippen LogP contribution in [0.4, 0.5) is 0 Å². The maximum absolute atomic E-state index is 10.6. The van der Waals surface area contributed by atoms with Gasteiger partial charge < -0.3 is 15.6 Å². The van der Waals surface area contributed by atoms with Crippen molar-refractivity contribution in [3.63, 3.8) is 0 Å². The molecule has 3 nitrogen and oxygen atoms in total. The van der Waals surface area contributed by atoms with E-state index in [0.717, 1.165) is 36.1 Å². The third-order valence-corrected chi connectivity index (χ3v) is 3.99. The average molecular weight is 249 g/mol. The summed E-state index contributed by atoms with van der Waals surface area (Å²) in [6.07, 6.45) is 3.82. The lowest BCUT2D eigenvalue weighted by atomic mass is 9.79. The van der Waals surface area contributed by atoms with Crippen molar-refractivity contribution >= 4 is 0 Å². The van der Waals surface area contributed by atoms with E-state index in [1.54, 1.807) is 7.11 Å². The van der Waals surface area contributed by atoms with E-state index in [9.17, 15) is 5.11 Å². The van der Waals surface area contributed by atoms with E-state index in [0.29, 0.717) is 0 Å². The Labute approximate surface area is 109 Å². The first-order valence-corrected chi connectivity index (χ1v) is 6.71. The van der Waals surface area contributed by atoms with Gasteiger partial charge in [0.1, 0.15) is 5.75 Å². The second kappa shape index (κ2) is 5.72. The Morgan fingerprint density at radius 3 is 2.72 bits per heavy atom. The summed E-state index contributed by atoms with van der Waals surface area (Å²) < 4.78 is 5.37. The molecule has 2 rings (SSSR count). The predicted octanol–water partition coefficient (Wildman–Crippen LogP) is 2.55. The van der Waals surface area contributed by atoms with Crippen LogP contribution in [0.15, 0.2) is 18.2 Å². The standard InChI is InChI=1S/C15H23NO2/c1-10-7-8-12(14(9-10)18-2)15(17)11-5-3-4-6-13(11)16/h7-9,11,13,15,17H,3-6,16H2,1-2H3. The SMILES string of the molecule is COc1cc(C)ccc1C(O)C1CCCCC1N. The molecule has 100 valence electrons. The lowest BCUT2D eigenvalue weighted by molar-refractivity contribution is 0.0701. The summed E-state index contributed by atoms with van der Waals surface area (Å²) in [6.45, 7) is 2.02. The van der Waals surface area contributed by atoms with Crippen LogP contribution in [0.3, 0.4) is 0 Å². The van der Waals surface area contributed by atoms with Gasteiger partial charge in [-0.05, 0) is 31.4 Å². The monoisotopic (exact) mass is 249 g/mol. The van der Waals surface area contributed by atoms with Crippen molar-refractivity contribution in [1.82, 2.24) is 0 Å². The largest absolute Gasteiger partial charge is 0.496 e. The van der Waals surface area contributed by atoms with Crippen molar-refractivity contribution in [3.8, 4) is 5.75 Å². The zero-order chi connectivity index (χ0) is 13.1. The predicted molar refractivity (Wildman–Crippen MR) is 72.6 cm³/mol. The molecule has 0 saturated heterocycles. The van der Waals surface area contributed by atoms with Crippen molar-refractivity contribution in [3.05, 3.63) is 29.3 Å². The highest BCUT2D eigenvalue weighted by atomic mass is 16.5. The molecule has 0 aliphatic heterocycles. The number of aryl methyl sites for hydroxylation is 1. The maximum Gasteiger partial charge on any atom is 0.124 e. The van der Waals surface area contributed by atoms with Crippen LogP contribution in [0.1, 0.15) is 42.9 Å². The minimum Gasteiger partial charge on any atom is -0.496 e. The molecule has 0 bridgehead atoms. The fourth-order valence-electron chi connectivity index (χ4n) is 2.87. The first kappa shape index (κ1) is 13.4. The summed E-state index contributed by atoms with van der Waals surface area (Å²) in [4.78, 5) is 0. The zero-order valence-corrected chi connectivity index (χ0v) is 11.2. The Hall–Kier alpha value is -1.06. The van der Waals surface area contributed by atoms with Crippen LogP contribution in [-0.4, -0.2) is 18.3 Å². The smallest absolute Gasteiger partial charge is 0.124 e. The molecule has 3 heteroatoms. The zero-order valence-electron chi connectivity index (χ0n) is 11.2. The minimum atomic E-state index is -0.518. The van der Waals surface area contributed by atoms with Gasteiger partial charge in [0.2, 0.25) is 0 Å².